The number of halogens is 1. The molecule has 2 unspecified atom stereocenters. The summed E-state index contributed by atoms with van der Waals surface area (Å²) >= 11 is 1.67. The highest BCUT2D eigenvalue weighted by Gasteiger charge is 2.35. The van der Waals surface area contributed by atoms with Crippen LogP contribution in [0.15, 0.2) is 58.5 Å². The molecule has 35 heavy (non-hydrogen) atoms. The molecule has 4 heterocycles. The highest BCUT2D eigenvalue weighted by Crippen LogP contribution is 2.34. The van der Waals surface area contributed by atoms with Gasteiger partial charge in [-0.05, 0) is 72.7 Å². The van der Waals surface area contributed by atoms with Crippen LogP contribution in [0.5, 0.6) is 5.75 Å². The number of benzene rings is 1. The van der Waals surface area contributed by atoms with Crippen LogP contribution in [0.3, 0.4) is 0 Å². The number of furan rings is 1. The van der Waals surface area contributed by atoms with Crippen molar-refractivity contribution in [1.82, 2.24) is 9.80 Å². The van der Waals surface area contributed by atoms with Crippen molar-refractivity contribution in [2.24, 2.45) is 0 Å². The Morgan fingerprint density at radius 2 is 2.06 bits per heavy atom. The van der Waals surface area contributed by atoms with E-state index in [9.17, 15) is 14.0 Å². The van der Waals surface area contributed by atoms with E-state index in [1.54, 1.807) is 40.5 Å². The number of amides is 2. The zero-order chi connectivity index (χ0) is 24.2. The highest BCUT2D eigenvalue weighted by atomic mass is 32.1. The number of hydrogen-bond donors (Lipinski definition) is 0. The van der Waals surface area contributed by atoms with E-state index in [1.807, 2.05) is 11.4 Å². The molecule has 7 nitrogen and oxygen atoms in total. The number of rotatable bonds is 8. The molecule has 0 bridgehead atoms. The summed E-state index contributed by atoms with van der Waals surface area (Å²) in [6.07, 6.45) is 3.90. The van der Waals surface area contributed by atoms with Crippen LogP contribution in [0.25, 0.3) is 0 Å². The summed E-state index contributed by atoms with van der Waals surface area (Å²) < 4.78 is 30.3. The summed E-state index contributed by atoms with van der Waals surface area (Å²) in [7, 11) is 0. The Morgan fingerprint density at radius 3 is 2.80 bits per heavy atom. The first-order chi connectivity index (χ1) is 17.1. The molecule has 2 atom stereocenters. The van der Waals surface area contributed by atoms with Crippen molar-refractivity contribution in [3.05, 3.63) is 76.1 Å². The summed E-state index contributed by atoms with van der Waals surface area (Å²) in [5.41, 5.74) is 1.06. The molecule has 184 valence electrons. The zero-order valence-corrected chi connectivity index (χ0v) is 20.0. The minimum absolute atomic E-state index is 0.0775. The molecule has 0 aliphatic carbocycles. The molecular formula is C26H27FN2O5S. The van der Waals surface area contributed by atoms with Gasteiger partial charge in [-0.2, -0.15) is 0 Å². The zero-order valence-electron chi connectivity index (χ0n) is 19.2. The number of hydrogen-bond acceptors (Lipinski definition) is 6. The van der Waals surface area contributed by atoms with E-state index >= 15 is 0 Å². The number of carbonyl (C=O) groups is 2. The molecule has 2 aromatic heterocycles. The molecular weight excluding hydrogens is 471 g/mol. The smallest absolute Gasteiger partial charge is 0.290 e. The maximum absolute atomic E-state index is 13.6. The van der Waals surface area contributed by atoms with E-state index in [0.29, 0.717) is 25.4 Å². The largest absolute Gasteiger partial charge is 0.491 e. The lowest BCUT2D eigenvalue weighted by Crippen LogP contribution is -2.49. The third-order valence-corrected chi connectivity index (χ3v) is 7.43. The Hall–Kier alpha value is -3.17. The number of nitrogens with zero attached hydrogens (tertiary/aromatic N) is 2. The lowest BCUT2D eigenvalue weighted by Gasteiger charge is -2.37. The third-order valence-electron chi connectivity index (χ3n) is 6.43. The van der Waals surface area contributed by atoms with Gasteiger partial charge in [0.1, 0.15) is 24.7 Å². The molecule has 0 spiro atoms. The monoisotopic (exact) mass is 498 g/mol. The highest BCUT2D eigenvalue weighted by molar-refractivity contribution is 7.10. The summed E-state index contributed by atoms with van der Waals surface area (Å²) in [6.45, 7) is 1.69. The van der Waals surface area contributed by atoms with Crippen molar-refractivity contribution in [2.45, 2.75) is 31.4 Å². The number of fused-ring (bicyclic) bond motifs is 1. The third kappa shape index (κ3) is 5.41. The lowest BCUT2D eigenvalue weighted by atomic mass is 10.0. The Balaban J connectivity index is 1.33. The molecule has 0 radical (unpaired) electrons. The van der Waals surface area contributed by atoms with Crippen molar-refractivity contribution in [2.75, 3.05) is 32.8 Å². The summed E-state index contributed by atoms with van der Waals surface area (Å²) in [4.78, 5) is 31.3. The van der Waals surface area contributed by atoms with Crippen LogP contribution in [-0.4, -0.2) is 60.6 Å². The maximum atomic E-state index is 13.6. The van der Waals surface area contributed by atoms with Gasteiger partial charge in [-0.25, -0.2) is 4.39 Å². The first-order valence-corrected chi connectivity index (χ1v) is 12.6. The Kier molecular flexibility index (Phi) is 7.15. The molecule has 2 amide bonds. The first kappa shape index (κ1) is 23.6. The van der Waals surface area contributed by atoms with Gasteiger partial charge >= 0.3 is 0 Å². The van der Waals surface area contributed by atoms with Gasteiger partial charge in [0.15, 0.2) is 5.76 Å². The molecule has 1 aromatic carbocycles. The van der Waals surface area contributed by atoms with Gasteiger partial charge in [0.25, 0.3) is 5.91 Å². The van der Waals surface area contributed by atoms with Crippen LogP contribution < -0.4 is 4.74 Å². The van der Waals surface area contributed by atoms with E-state index in [2.05, 4.69) is 0 Å². The van der Waals surface area contributed by atoms with Gasteiger partial charge in [0.05, 0.1) is 18.4 Å². The standard InChI is InChI=1S/C26H27FN2O5S/c27-18-5-7-19(8-6-18)34-17-22-21-10-14-35-24(21)9-11-29(22)25(30)16-28(15-20-3-1-12-32-20)26(31)23-4-2-13-33-23/h2,4-8,10,13-14,20,22H,1,3,9,11-12,15-17H2. The summed E-state index contributed by atoms with van der Waals surface area (Å²) in [5, 5.41) is 2.02. The van der Waals surface area contributed by atoms with Crippen LogP contribution in [0, 0.1) is 5.82 Å². The van der Waals surface area contributed by atoms with Gasteiger partial charge in [-0.3, -0.25) is 9.59 Å². The van der Waals surface area contributed by atoms with Crippen LogP contribution >= 0.6 is 11.3 Å². The van der Waals surface area contributed by atoms with E-state index in [4.69, 9.17) is 13.9 Å². The Labute approximate surface area is 207 Å². The number of ether oxygens (including phenoxy) is 2. The minimum Gasteiger partial charge on any atom is -0.491 e. The second-order valence-corrected chi connectivity index (χ2v) is 9.72. The molecule has 0 N–H and O–H groups in total. The van der Waals surface area contributed by atoms with Crippen molar-refractivity contribution >= 4 is 23.2 Å². The minimum atomic E-state index is -0.334. The summed E-state index contributed by atoms with van der Waals surface area (Å²) in [5.74, 6) is -0.0851. The Bertz CT molecular complexity index is 1140. The Morgan fingerprint density at radius 1 is 1.20 bits per heavy atom. The van der Waals surface area contributed by atoms with E-state index in [0.717, 1.165) is 24.8 Å². The van der Waals surface area contributed by atoms with Crippen molar-refractivity contribution in [1.29, 1.82) is 0 Å². The van der Waals surface area contributed by atoms with E-state index < -0.39 is 0 Å². The fraction of sp³-hybridized carbons (Fsp3) is 0.385. The quantitative estimate of drug-likeness (QED) is 0.463. The van der Waals surface area contributed by atoms with Crippen molar-refractivity contribution in [3.63, 3.8) is 0 Å². The van der Waals surface area contributed by atoms with Gasteiger partial charge in [0.2, 0.25) is 5.91 Å². The SMILES string of the molecule is O=C(c1ccco1)N(CC(=O)N1CCc2sccc2C1COc1ccc(F)cc1)CC1CCCO1. The molecule has 5 rings (SSSR count). The maximum Gasteiger partial charge on any atom is 0.290 e. The molecule has 1 saturated heterocycles. The average Bonchev–Trinajstić information content (AvgIpc) is 3.65. The topological polar surface area (TPSA) is 72.2 Å². The molecule has 2 aliphatic heterocycles. The van der Waals surface area contributed by atoms with Gasteiger partial charge in [-0.15, -0.1) is 11.3 Å². The predicted octanol–water partition coefficient (Wildman–Crippen LogP) is 4.31. The number of carbonyl (C=O) groups excluding carboxylic acids is 2. The van der Waals surface area contributed by atoms with Crippen molar-refractivity contribution < 1.29 is 27.9 Å². The van der Waals surface area contributed by atoms with Crippen LogP contribution in [0.4, 0.5) is 4.39 Å². The number of thiophene rings is 1. The average molecular weight is 499 g/mol. The molecule has 3 aromatic rings. The van der Waals surface area contributed by atoms with Gasteiger partial charge < -0.3 is 23.7 Å². The first-order valence-electron chi connectivity index (χ1n) is 11.8. The van der Waals surface area contributed by atoms with E-state index in [-0.39, 0.29) is 48.7 Å². The lowest BCUT2D eigenvalue weighted by molar-refractivity contribution is -0.135. The molecule has 0 saturated carbocycles. The normalized spacial score (nSPS) is 19.4. The second kappa shape index (κ2) is 10.6. The molecule has 9 heteroatoms. The van der Waals surface area contributed by atoms with Crippen LogP contribution in [0.2, 0.25) is 0 Å². The van der Waals surface area contributed by atoms with Crippen LogP contribution in [0.1, 0.15) is 39.9 Å². The molecule has 2 aliphatic rings. The van der Waals surface area contributed by atoms with E-state index in [1.165, 1.54) is 28.2 Å². The van der Waals surface area contributed by atoms with Gasteiger partial charge in [-0.1, -0.05) is 0 Å². The summed E-state index contributed by atoms with van der Waals surface area (Å²) in [6, 6.07) is 10.8. The fourth-order valence-corrected chi connectivity index (χ4v) is 5.57. The van der Waals surface area contributed by atoms with Crippen LogP contribution in [-0.2, 0) is 16.0 Å². The molecule has 1 fully saturated rings. The second-order valence-electron chi connectivity index (χ2n) is 8.71. The fourth-order valence-electron chi connectivity index (χ4n) is 4.64. The van der Waals surface area contributed by atoms with Crippen molar-refractivity contribution in [3.8, 4) is 5.75 Å². The van der Waals surface area contributed by atoms with Gasteiger partial charge in [0, 0.05) is 24.6 Å². The predicted molar refractivity (Wildman–Crippen MR) is 128 cm³/mol.